The Balaban J connectivity index is 2.35. The van der Waals surface area contributed by atoms with Crippen LogP contribution in [-0.2, 0) is 4.79 Å². The summed E-state index contributed by atoms with van der Waals surface area (Å²) in [4.78, 5) is 21.8. The Bertz CT molecular complexity index is 422. The molecule has 0 aliphatic rings. The second-order valence-electron chi connectivity index (χ2n) is 3.38. The SMILES string of the molecule is CNC(=O)CSCCOc1ccccc1C(=O)O. The third-order valence-corrected chi connectivity index (χ3v) is 3.04. The molecule has 5 nitrogen and oxygen atoms in total. The summed E-state index contributed by atoms with van der Waals surface area (Å²) in [5.74, 6) is 0.307. The van der Waals surface area contributed by atoms with Crippen molar-refractivity contribution in [1.29, 1.82) is 0 Å². The molecule has 0 fully saturated rings. The Morgan fingerprint density at radius 1 is 1.39 bits per heavy atom. The highest BCUT2D eigenvalue weighted by Crippen LogP contribution is 2.17. The van der Waals surface area contributed by atoms with Crippen LogP contribution in [0, 0.1) is 0 Å². The standard InChI is InChI=1S/C12H15NO4S/c1-13-11(14)8-18-7-6-17-10-5-3-2-4-9(10)12(15)16/h2-5H,6-8H2,1H3,(H,13,14)(H,15,16). The van der Waals surface area contributed by atoms with Gasteiger partial charge < -0.3 is 15.2 Å². The van der Waals surface area contributed by atoms with Crippen LogP contribution in [0.2, 0.25) is 0 Å². The van der Waals surface area contributed by atoms with Crippen molar-refractivity contribution in [1.82, 2.24) is 5.32 Å². The molecule has 0 atom stereocenters. The number of carboxylic acids is 1. The molecule has 0 aromatic heterocycles. The van der Waals surface area contributed by atoms with Gasteiger partial charge >= 0.3 is 5.97 Å². The zero-order chi connectivity index (χ0) is 13.4. The van der Waals surface area contributed by atoms with E-state index in [1.165, 1.54) is 17.8 Å². The van der Waals surface area contributed by atoms with E-state index in [0.717, 1.165) is 0 Å². The van der Waals surface area contributed by atoms with Crippen molar-refractivity contribution in [3.05, 3.63) is 29.8 Å². The first kappa shape index (κ1) is 14.4. The van der Waals surface area contributed by atoms with Gasteiger partial charge in [0.15, 0.2) is 0 Å². The fraction of sp³-hybridized carbons (Fsp3) is 0.333. The lowest BCUT2D eigenvalue weighted by atomic mass is 10.2. The van der Waals surface area contributed by atoms with Gasteiger partial charge in [-0.2, -0.15) is 0 Å². The fourth-order valence-corrected chi connectivity index (χ4v) is 1.89. The van der Waals surface area contributed by atoms with E-state index < -0.39 is 5.97 Å². The van der Waals surface area contributed by atoms with Gasteiger partial charge in [0.1, 0.15) is 11.3 Å². The first-order valence-electron chi connectivity index (χ1n) is 5.38. The maximum atomic E-state index is 10.9. The molecule has 0 saturated carbocycles. The second-order valence-corrected chi connectivity index (χ2v) is 4.48. The molecule has 0 spiro atoms. The van der Waals surface area contributed by atoms with Crippen molar-refractivity contribution >= 4 is 23.6 Å². The lowest BCUT2D eigenvalue weighted by Gasteiger charge is -2.08. The third-order valence-electron chi connectivity index (χ3n) is 2.11. The van der Waals surface area contributed by atoms with Crippen LogP contribution in [0.15, 0.2) is 24.3 Å². The van der Waals surface area contributed by atoms with E-state index in [0.29, 0.717) is 23.9 Å². The summed E-state index contributed by atoms with van der Waals surface area (Å²) in [6.45, 7) is 0.367. The minimum Gasteiger partial charge on any atom is -0.492 e. The number of carbonyl (C=O) groups excluding carboxylic acids is 1. The zero-order valence-corrected chi connectivity index (χ0v) is 10.8. The topological polar surface area (TPSA) is 75.6 Å². The van der Waals surface area contributed by atoms with Gasteiger partial charge in [0.05, 0.1) is 12.4 Å². The smallest absolute Gasteiger partial charge is 0.339 e. The maximum Gasteiger partial charge on any atom is 0.339 e. The van der Waals surface area contributed by atoms with Crippen molar-refractivity contribution in [2.45, 2.75) is 0 Å². The number of nitrogens with one attached hydrogen (secondary N) is 1. The van der Waals surface area contributed by atoms with E-state index in [4.69, 9.17) is 9.84 Å². The van der Waals surface area contributed by atoms with Crippen molar-refractivity contribution < 1.29 is 19.4 Å². The number of carboxylic acid groups (broad SMARTS) is 1. The summed E-state index contributed by atoms with van der Waals surface area (Å²) in [6, 6.07) is 6.48. The Labute approximate surface area is 110 Å². The number of hydrogen-bond acceptors (Lipinski definition) is 4. The first-order valence-corrected chi connectivity index (χ1v) is 6.54. The molecular formula is C12H15NO4S. The zero-order valence-electron chi connectivity index (χ0n) is 10.0. The molecule has 0 heterocycles. The van der Waals surface area contributed by atoms with E-state index in [1.54, 1.807) is 25.2 Å². The van der Waals surface area contributed by atoms with Crippen LogP contribution in [0.3, 0.4) is 0 Å². The van der Waals surface area contributed by atoms with Gasteiger partial charge in [-0.25, -0.2) is 4.79 Å². The summed E-state index contributed by atoms with van der Waals surface area (Å²) in [6.07, 6.45) is 0. The minimum atomic E-state index is -1.01. The monoisotopic (exact) mass is 269 g/mol. The van der Waals surface area contributed by atoms with Crippen LogP contribution >= 0.6 is 11.8 Å². The summed E-state index contributed by atoms with van der Waals surface area (Å²) in [5, 5.41) is 11.5. The molecule has 6 heteroatoms. The van der Waals surface area contributed by atoms with Crippen LogP contribution in [0.25, 0.3) is 0 Å². The maximum absolute atomic E-state index is 10.9. The first-order chi connectivity index (χ1) is 8.65. The lowest BCUT2D eigenvalue weighted by molar-refractivity contribution is -0.118. The van der Waals surface area contributed by atoms with Crippen molar-refractivity contribution in [2.75, 3.05) is 25.2 Å². The highest BCUT2D eigenvalue weighted by atomic mass is 32.2. The molecule has 0 aliphatic heterocycles. The van der Waals surface area contributed by atoms with Gasteiger partial charge in [0.2, 0.25) is 5.91 Å². The number of rotatable bonds is 7. The number of para-hydroxylation sites is 1. The fourth-order valence-electron chi connectivity index (χ4n) is 1.22. The molecular weight excluding hydrogens is 254 g/mol. The number of benzene rings is 1. The summed E-state index contributed by atoms with van der Waals surface area (Å²) < 4.78 is 5.38. The average Bonchev–Trinajstić information content (AvgIpc) is 2.38. The Hall–Kier alpha value is -1.69. The molecule has 0 bridgehead atoms. The molecule has 98 valence electrons. The lowest BCUT2D eigenvalue weighted by Crippen LogP contribution is -2.20. The Morgan fingerprint density at radius 2 is 2.11 bits per heavy atom. The molecule has 0 radical (unpaired) electrons. The quantitative estimate of drug-likeness (QED) is 0.728. The molecule has 1 amide bonds. The van der Waals surface area contributed by atoms with Gasteiger partial charge in [-0.1, -0.05) is 12.1 Å². The van der Waals surface area contributed by atoms with Crippen LogP contribution in [0.5, 0.6) is 5.75 Å². The average molecular weight is 269 g/mol. The molecule has 18 heavy (non-hydrogen) atoms. The molecule has 1 rings (SSSR count). The molecule has 0 saturated heterocycles. The number of thioether (sulfide) groups is 1. The summed E-state index contributed by atoms with van der Waals surface area (Å²) in [5.41, 5.74) is 0.147. The minimum absolute atomic E-state index is 0.0362. The normalized spacial score (nSPS) is 9.83. The number of carbonyl (C=O) groups is 2. The molecule has 0 unspecified atom stereocenters. The number of hydrogen-bond donors (Lipinski definition) is 2. The molecule has 0 aliphatic carbocycles. The van der Waals surface area contributed by atoms with Gasteiger partial charge in [-0.05, 0) is 12.1 Å². The number of amides is 1. The van der Waals surface area contributed by atoms with E-state index in [9.17, 15) is 9.59 Å². The highest BCUT2D eigenvalue weighted by Gasteiger charge is 2.09. The van der Waals surface area contributed by atoms with Crippen molar-refractivity contribution in [3.63, 3.8) is 0 Å². The largest absolute Gasteiger partial charge is 0.492 e. The number of aromatic carboxylic acids is 1. The van der Waals surface area contributed by atoms with Gasteiger partial charge in [0, 0.05) is 12.8 Å². The van der Waals surface area contributed by atoms with Gasteiger partial charge in [0.25, 0.3) is 0 Å². The number of ether oxygens (including phenoxy) is 1. The third kappa shape index (κ3) is 4.67. The second kappa shape index (κ2) is 7.60. The highest BCUT2D eigenvalue weighted by molar-refractivity contribution is 7.99. The van der Waals surface area contributed by atoms with Crippen molar-refractivity contribution in [2.24, 2.45) is 0 Å². The van der Waals surface area contributed by atoms with E-state index in [-0.39, 0.29) is 11.5 Å². The Kier molecular flexibility index (Phi) is 6.07. The van der Waals surface area contributed by atoms with Gasteiger partial charge in [-0.15, -0.1) is 11.8 Å². The van der Waals surface area contributed by atoms with Crippen LogP contribution in [0.1, 0.15) is 10.4 Å². The van der Waals surface area contributed by atoms with Crippen LogP contribution in [0.4, 0.5) is 0 Å². The van der Waals surface area contributed by atoms with Crippen molar-refractivity contribution in [3.8, 4) is 5.75 Å². The van der Waals surface area contributed by atoms with Gasteiger partial charge in [-0.3, -0.25) is 4.79 Å². The van der Waals surface area contributed by atoms with Crippen LogP contribution < -0.4 is 10.1 Å². The summed E-state index contributed by atoms with van der Waals surface area (Å²) >= 11 is 1.43. The van der Waals surface area contributed by atoms with Crippen LogP contribution in [-0.4, -0.2) is 42.1 Å². The summed E-state index contributed by atoms with van der Waals surface area (Å²) in [7, 11) is 1.59. The molecule has 1 aromatic carbocycles. The predicted molar refractivity (Wildman–Crippen MR) is 70.3 cm³/mol. The van der Waals surface area contributed by atoms with E-state index in [2.05, 4.69) is 5.32 Å². The van der Waals surface area contributed by atoms with E-state index >= 15 is 0 Å². The molecule has 2 N–H and O–H groups in total. The Morgan fingerprint density at radius 3 is 2.78 bits per heavy atom. The molecule has 1 aromatic rings. The predicted octanol–water partition coefficient (Wildman–Crippen LogP) is 1.24. The van der Waals surface area contributed by atoms with E-state index in [1.807, 2.05) is 0 Å².